The second-order valence-corrected chi connectivity index (χ2v) is 8.39. The number of tetrazole rings is 1. The highest BCUT2D eigenvalue weighted by molar-refractivity contribution is 7.98. The van der Waals surface area contributed by atoms with E-state index in [-0.39, 0.29) is 12.1 Å². The van der Waals surface area contributed by atoms with Crippen LogP contribution in [0.5, 0.6) is 0 Å². The average molecular weight is 449 g/mol. The monoisotopic (exact) mass is 448 g/mol. The number of carbonyl (C=O) groups is 1. The maximum absolute atomic E-state index is 13.3. The molecule has 5 rings (SSSR count). The Labute approximate surface area is 189 Å². The van der Waals surface area contributed by atoms with E-state index in [0.717, 1.165) is 41.9 Å². The summed E-state index contributed by atoms with van der Waals surface area (Å²) in [4.78, 5) is 20.0. The highest BCUT2D eigenvalue weighted by Crippen LogP contribution is 2.34. The van der Waals surface area contributed by atoms with Crippen molar-refractivity contribution in [2.24, 2.45) is 0 Å². The summed E-state index contributed by atoms with van der Waals surface area (Å²) < 4.78 is 3.87. The SMILES string of the molecule is CCn1c(C2CCCN2C(=O)Nc2cccc(-n3nnnc3SC)c2)nc2ccccc21. The van der Waals surface area contributed by atoms with Gasteiger partial charge in [0.05, 0.1) is 22.8 Å². The number of thioether (sulfide) groups is 1. The van der Waals surface area contributed by atoms with Crippen molar-refractivity contribution in [3.05, 3.63) is 54.4 Å². The molecule has 2 aromatic heterocycles. The van der Waals surface area contributed by atoms with E-state index in [1.807, 2.05) is 53.6 Å². The molecular weight excluding hydrogens is 424 g/mol. The van der Waals surface area contributed by atoms with Crippen molar-refractivity contribution >= 4 is 34.5 Å². The zero-order chi connectivity index (χ0) is 22.1. The molecule has 1 fully saturated rings. The molecule has 1 atom stereocenters. The number of nitrogens with one attached hydrogen (secondary N) is 1. The summed E-state index contributed by atoms with van der Waals surface area (Å²) in [7, 11) is 0. The largest absolute Gasteiger partial charge is 0.327 e. The number of carbonyl (C=O) groups excluding carboxylic acids is 1. The average Bonchev–Trinajstić information content (AvgIpc) is 3.56. The first-order valence-electron chi connectivity index (χ1n) is 10.6. The topological polar surface area (TPSA) is 93.8 Å². The highest BCUT2D eigenvalue weighted by atomic mass is 32.2. The molecule has 1 aliphatic rings. The van der Waals surface area contributed by atoms with Gasteiger partial charge in [0.1, 0.15) is 5.82 Å². The standard InChI is InChI=1S/C22H24N8OS/c1-3-28-18-11-5-4-10-17(18)24-20(28)19-12-7-13-29(19)21(31)23-15-8-6-9-16(14-15)30-22(32-2)25-26-27-30/h4-6,8-11,14,19H,3,7,12-13H2,1-2H3,(H,23,31). The van der Waals surface area contributed by atoms with Crippen LogP contribution in [0.4, 0.5) is 10.5 Å². The van der Waals surface area contributed by atoms with E-state index >= 15 is 0 Å². The summed E-state index contributed by atoms with van der Waals surface area (Å²) in [5, 5.41) is 15.5. The van der Waals surface area contributed by atoms with Crippen molar-refractivity contribution in [1.29, 1.82) is 0 Å². The van der Waals surface area contributed by atoms with Crippen molar-refractivity contribution in [1.82, 2.24) is 34.7 Å². The summed E-state index contributed by atoms with van der Waals surface area (Å²) in [5.74, 6) is 0.952. The van der Waals surface area contributed by atoms with Crippen LogP contribution in [0.1, 0.15) is 31.6 Å². The minimum atomic E-state index is -0.124. The molecule has 0 saturated carbocycles. The van der Waals surface area contributed by atoms with Crippen LogP contribution in [0.15, 0.2) is 53.7 Å². The van der Waals surface area contributed by atoms with Gasteiger partial charge in [0.15, 0.2) is 0 Å². The number of aromatic nitrogens is 6. The molecule has 9 nitrogen and oxygen atoms in total. The van der Waals surface area contributed by atoms with E-state index in [2.05, 4.69) is 38.4 Å². The number of anilines is 1. The van der Waals surface area contributed by atoms with Crippen molar-refractivity contribution in [3.63, 3.8) is 0 Å². The fourth-order valence-corrected chi connectivity index (χ4v) is 4.77. The number of nitrogens with zero attached hydrogens (tertiary/aromatic N) is 7. The third-order valence-electron chi connectivity index (χ3n) is 5.78. The molecule has 2 amide bonds. The van der Waals surface area contributed by atoms with Gasteiger partial charge in [0, 0.05) is 18.8 Å². The van der Waals surface area contributed by atoms with Crippen molar-refractivity contribution in [3.8, 4) is 5.69 Å². The second-order valence-electron chi connectivity index (χ2n) is 7.61. The Bertz CT molecular complexity index is 1270. The number of para-hydroxylation sites is 2. The van der Waals surface area contributed by atoms with Gasteiger partial charge in [0.2, 0.25) is 5.16 Å². The molecule has 1 aliphatic heterocycles. The van der Waals surface area contributed by atoms with Crippen LogP contribution < -0.4 is 5.32 Å². The molecular formula is C22H24N8OS. The van der Waals surface area contributed by atoms with Gasteiger partial charge in [0.25, 0.3) is 0 Å². The normalized spacial score (nSPS) is 16.1. The summed E-state index contributed by atoms with van der Waals surface area (Å²) in [6.07, 6.45) is 3.77. The zero-order valence-electron chi connectivity index (χ0n) is 18.0. The first-order valence-corrected chi connectivity index (χ1v) is 11.9. The predicted molar refractivity (Wildman–Crippen MR) is 124 cm³/mol. The summed E-state index contributed by atoms with van der Waals surface area (Å²) in [6.45, 7) is 3.63. The number of aryl methyl sites for hydroxylation is 1. The van der Waals surface area contributed by atoms with E-state index in [1.54, 1.807) is 4.68 Å². The lowest BCUT2D eigenvalue weighted by Crippen LogP contribution is -2.35. The summed E-state index contributed by atoms with van der Waals surface area (Å²) in [5.41, 5.74) is 3.57. The molecule has 1 unspecified atom stereocenters. The minimum Gasteiger partial charge on any atom is -0.327 e. The van der Waals surface area contributed by atoms with Crippen LogP contribution in [0.25, 0.3) is 16.7 Å². The number of likely N-dealkylation sites (tertiary alicyclic amines) is 1. The van der Waals surface area contributed by atoms with E-state index in [9.17, 15) is 4.79 Å². The van der Waals surface area contributed by atoms with E-state index in [0.29, 0.717) is 17.4 Å². The molecule has 10 heteroatoms. The fraction of sp³-hybridized carbons (Fsp3) is 0.318. The minimum absolute atomic E-state index is 0.0480. The Hall–Kier alpha value is -3.40. The number of rotatable bonds is 5. The van der Waals surface area contributed by atoms with Crippen LogP contribution in [-0.4, -0.2) is 53.5 Å². The number of hydrogen-bond donors (Lipinski definition) is 1. The molecule has 4 aromatic rings. The quantitative estimate of drug-likeness (QED) is 0.462. The predicted octanol–water partition coefficient (Wildman–Crippen LogP) is 4.12. The van der Waals surface area contributed by atoms with Gasteiger partial charge in [-0.25, -0.2) is 9.78 Å². The maximum atomic E-state index is 13.3. The number of fused-ring (bicyclic) bond motifs is 1. The third kappa shape index (κ3) is 3.60. The van der Waals surface area contributed by atoms with Crippen molar-refractivity contribution in [2.75, 3.05) is 18.1 Å². The van der Waals surface area contributed by atoms with Gasteiger partial charge < -0.3 is 14.8 Å². The van der Waals surface area contributed by atoms with Crippen LogP contribution in [-0.2, 0) is 6.54 Å². The number of urea groups is 1. The van der Waals surface area contributed by atoms with Gasteiger partial charge in [-0.1, -0.05) is 30.0 Å². The van der Waals surface area contributed by atoms with E-state index in [1.165, 1.54) is 11.8 Å². The Morgan fingerprint density at radius 2 is 2.09 bits per heavy atom. The van der Waals surface area contributed by atoms with E-state index in [4.69, 9.17) is 4.98 Å². The smallest absolute Gasteiger partial charge is 0.322 e. The van der Waals surface area contributed by atoms with Crippen LogP contribution in [0, 0.1) is 0 Å². The van der Waals surface area contributed by atoms with E-state index < -0.39 is 0 Å². The van der Waals surface area contributed by atoms with Crippen molar-refractivity contribution in [2.45, 2.75) is 37.5 Å². The van der Waals surface area contributed by atoms with Crippen molar-refractivity contribution < 1.29 is 4.79 Å². The molecule has 0 aliphatic carbocycles. The lowest BCUT2D eigenvalue weighted by atomic mass is 10.2. The fourth-order valence-electron chi connectivity index (χ4n) is 4.34. The molecule has 32 heavy (non-hydrogen) atoms. The molecule has 3 heterocycles. The van der Waals surface area contributed by atoms with Gasteiger partial charge >= 0.3 is 6.03 Å². The molecule has 164 valence electrons. The molecule has 0 bridgehead atoms. The summed E-state index contributed by atoms with van der Waals surface area (Å²) >= 11 is 1.46. The Balaban J connectivity index is 1.40. The molecule has 1 N–H and O–H groups in total. The molecule has 2 aromatic carbocycles. The Kier molecular flexibility index (Phi) is 5.52. The maximum Gasteiger partial charge on any atom is 0.322 e. The van der Waals surface area contributed by atoms with Gasteiger partial charge in [-0.2, -0.15) is 4.68 Å². The first kappa shape index (κ1) is 20.5. The first-order chi connectivity index (χ1) is 15.7. The second kappa shape index (κ2) is 8.62. The highest BCUT2D eigenvalue weighted by Gasteiger charge is 2.33. The zero-order valence-corrected chi connectivity index (χ0v) is 18.8. The van der Waals surface area contributed by atoms with Crippen LogP contribution in [0.2, 0.25) is 0 Å². The van der Waals surface area contributed by atoms with Gasteiger partial charge in [-0.15, -0.1) is 5.10 Å². The van der Waals surface area contributed by atoms with Gasteiger partial charge in [-0.3, -0.25) is 0 Å². The number of hydrogen-bond acceptors (Lipinski definition) is 6. The Morgan fingerprint density at radius 3 is 2.94 bits per heavy atom. The summed E-state index contributed by atoms with van der Waals surface area (Å²) in [6, 6.07) is 15.5. The van der Waals surface area contributed by atoms with Crippen LogP contribution in [0.3, 0.4) is 0 Å². The third-order valence-corrected chi connectivity index (χ3v) is 6.40. The van der Waals surface area contributed by atoms with Gasteiger partial charge in [-0.05, 0) is 66.8 Å². The molecule has 1 saturated heterocycles. The Morgan fingerprint density at radius 1 is 1.22 bits per heavy atom. The molecule has 0 spiro atoms. The molecule has 0 radical (unpaired) electrons. The van der Waals surface area contributed by atoms with Crippen LogP contribution >= 0.6 is 11.8 Å². The lowest BCUT2D eigenvalue weighted by Gasteiger charge is -2.25. The lowest BCUT2D eigenvalue weighted by molar-refractivity contribution is 0.204. The number of amides is 2. The number of imidazole rings is 1. The number of benzene rings is 2.